The Morgan fingerprint density at radius 1 is 1.38 bits per heavy atom. The topological polar surface area (TPSA) is 42.2 Å². The van der Waals surface area contributed by atoms with Crippen LogP contribution >= 0.6 is 0 Å². The van der Waals surface area contributed by atoms with Gasteiger partial charge in [0.05, 0.1) is 0 Å². The van der Waals surface area contributed by atoms with Gasteiger partial charge >= 0.3 is 0 Å². The van der Waals surface area contributed by atoms with Gasteiger partial charge in [-0.05, 0) is 31.5 Å². The fourth-order valence-corrected chi connectivity index (χ4v) is 2.50. The molecule has 1 aliphatic heterocycles. The number of pyridine rings is 1. The first-order valence-electron chi connectivity index (χ1n) is 5.81. The van der Waals surface area contributed by atoms with Crippen molar-refractivity contribution >= 4 is 5.65 Å². The minimum atomic E-state index is 0.110. The third-order valence-electron chi connectivity index (χ3n) is 3.45. The minimum absolute atomic E-state index is 0.110. The lowest BCUT2D eigenvalue weighted by atomic mass is 9.82. The molecule has 1 aliphatic rings. The van der Waals surface area contributed by atoms with Crippen molar-refractivity contribution < 1.29 is 0 Å². The molecule has 2 aromatic rings. The molecule has 16 heavy (non-hydrogen) atoms. The summed E-state index contributed by atoms with van der Waals surface area (Å²) >= 11 is 0. The molecule has 0 aliphatic carbocycles. The van der Waals surface area contributed by atoms with Crippen molar-refractivity contribution in [3.8, 4) is 0 Å². The van der Waals surface area contributed by atoms with Crippen LogP contribution in [0.2, 0.25) is 0 Å². The molecule has 1 saturated heterocycles. The summed E-state index contributed by atoms with van der Waals surface area (Å²) < 4.78 is 2.10. The van der Waals surface area contributed by atoms with Crippen LogP contribution in [0.4, 0.5) is 0 Å². The van der Waals surface area contributed by atoms with Gasteiger partial charge in [-0.2, -0.15) is 0 Å². The molecule has 0 amide bonds. The van der Waals surface area contributed by atoms with Crippen molar-refractivity contribution in [2.75, 3.05) is 13.1 Å². The zero-order valence-corrected chi connectivity index (χ0v) is 9.48. The predicted octanol–water partition coefficient (Wildman–Crippen LogP) is 1.37. The second-order valence-corrected chi connectivity index (χ2v) is 4.79. The van der Waals surface area contributed by atoms with Crippen molar-refractivity contribution in [1.29, 1.82) is 0 Å². The first-order valence-corrected chi connectivity index (χ1v) is 5.81. The van der Waals surface area contributed by atoms with E-state index in [0.717, 1.165) is 24.6 Å². The van der Waals surface area contributed by atoms with E-state index in [1.54, 1.807) is 0 Å². The Bertz CT molecular complexity index is 496. The normalized spacial score (nSPS) is 26.1. The van der Waals surface area contributed by atoms with E-state index in [1.165, 1.54) is 12.8 Å². The maximum atomic E-state index is 4.36. The summed E-state index contributed by atoms with van der Waals surface area (Å²) in [5.41, 5.74) is 1.04. The molecule has 1 unspecified atom stereocenters. The number of nitrogens with zero attached hydrogens (tertiary/aromatic N) is 3. The lowest BCUT2D eigenvalue weighted by molar-refractivity contribution is 0.321. The molecule has 2 aromatic heterocycles. The first-order chi connectivity index (χ1) is 7.80. The SMILES string of the molecule is CC1(c2nnc3ccccn23)CCCNC1. The molecule has 84 valence electrons. The number of piperidine rings is 1. The van der Waals surface area contributed by atoms with Gasteiger partial charge in [0, 0.05) is 18.2 Å². The average Bonchev–Trinajstić information content (AvgIpc) is 2.74. The predicted molar refractivity (Wildman–Crippen MR) is 62.4 cm³/mol. The Morgan fingerprint density at radius 2 is 2.31 bits per heavy atom. The summed E-state index contributed by atoms with van der Waals surface area (Å²) in [6.07, 6.45) is 4.43. The van der Waals surface area contributed by atoms with Crippen LogP contribution in [0.25, 0.3) is 5.65 Å². The number of hydrogen-bond acceptors (Lipinski definition) is 3. The number of hydrogen-bond donors (Lipinski definition) is 1. The molecule has 0 radical (unpaired) electrons. The Hall–Kier alpha value is -1.42. The first kappa shape index (κ1) is 9.78. The van der Waals surface area contributed by atoms with Gasteiger partial charge < -0.3 is 5.32 Å². The van der Waals surface area contributed by atoms with Crippen LogP contribution in [0.5, 0.6) is 0 Å². The summed E-state index contributed by atoms with van der Waals surface area (Å²) in [5, 5.41) is 12.0. The molecule has 4 nitrogen and oxygen atoms in total. The number of fused-ring (bicyclic) bond motifs is 1. The second kappa shape index (κ2) is 3.56. The van der Waals surface area contributed by atoms with Crippen LogP contribution < -0.4 is 5.32 Å². The zero-order chi connectivity index (χ0) is 11.0. The molecule has 1 fully saturated rings. The highest BCUT2D eigenvalue weighted by atomic mass is 15.3. The molecule has 0 saturated carbocycles. The van der Waals surface area contributed by atoms with Crippen molar-refractivity contribution in [1.82, 2.24) is 19.9 Å². The van der Waals surface area contributed by atoms with E-state index in [-0.39, 0.29) is 5.41 Å². The molecule has 0 aromatic carbocycles. The quantitative estimate of drug-likeness (QED) is 0.783. The smallest absolute Gasteiger partial charge is 0.160 e. The van der Waals surface area contributed by atoms with Crippen molar-refractivity contribution in [3.05, 3.63) is 30.2 Å². The Kier molecular flexibility index (Phi) is 2.17. The summed E-state index contributed by atoms with van der Waals surface area (Å²) in [7, 11) is 0. The van der Waals surface area contributed by atoms with Gasteiger partial charge in [0.2, 0.25) is 0 Å². The van der Waals surface area contributed by atoms with Gasteiger partial charge in [0.15, 0.2) is 5.65 Å². The molecule has 0 spiro atoms. The Labute approximate surface area is 94.7 Å². The van der Waals surface area contributed by atoms with E-state index in [9.17, 15) is 0 Å². The third-order valence-corrected chi connectivity index (χ3v) is 3.45. The molecule has 3 heterocycles. The van der Waals surface area contributed by atoms with Gasteiger partial charge in [0.1, 0.15) is 5.82 Å². The highest BCUT2D eigenvalue weighted by Crippen LogP contribution is 2.29. The van der Waals surface area contributed by atoms with Gasteiger partial charge in [-0.3, -0.25) is 4.40 Å². The molecule has 0 bridgehead atoms. The van der Waals surface area contributed by atoms with Crippen LogP contribution in [0.15, 0.2) is 24.4 Å². The average molecular weight is 216 g/mol. The number of nitrogens with one attached hydrogen (secondary N) is 1. The van der Waals surface area contributed by atoms with E-state index in [1.807, 2.05) is 24.4 Å². The van der Waals surface area contributed by atoms with Crippen LogP contribution in [0, 0.1) is 0 Å². The highest BCUT2D eigenvalue weighted by molar-refractivity contribution is 5.38. The summed E-state index contributed by atoms with van der Waals surface area (Å²) in [6, 6.07) is 6.02. The van der Waals surface area contributed by atoms with Crippen LogP contribution in [-0.4, -0.2) is 27.7 Å². The third kappa shape index (κ3) is 1.41. The lowest BCUT2D eigenvalue weighted by Crippen LogP contribution is -2.42. The molecule has 4 heteroatoms. The molecule has 1 N–H and O–H groups in total. The van der Waals surface area contributed by atoms with Crippen molar-refractivity contribution in [3.63, 3.8) is 0 Å². The molecular weight excluding hydrogens is 200 g/mol. The lowest BCUT2D eigenvalue weighted by Gasteiger charge is -2.32. The van der Waals surface area contributed by atoms with Crippen molar-refractivity contribution in [2.24, 2.45) is 0 Å². The Balaban J connectivity index is 2.11. The van der Waals surface area contributed by atoms with Crippen LogP contribution in [0.3, 0.4) is 0 Å². The fourth-order valence-electron chi connectivity index (χ4n) is 2.50. The van der Waals surface area contributed by atoms with E-state index < -0.39 is 0 Å². The Morgan fingerprint density at radius 3 is 3.12 bits per heavy atom. The largest absolute Gasteiger partial charge is 0.316 e. The number of aromatic nitrogens is 3. The highest BCUT2D eigenvalue weighted by Gasteiger charge is 2.33. The van der Waals surface area contributed by atoms with E-state index in [0.29, 0.717) is 0 Å². The molecular formula is C12H16N4. The summed E-state index contributed by atoms with van der Waals surface area (Å²) in [4.78, 5) is 0. The van der Waals surface area contributed by atoms with Crippen LogP contribution in [0.1, 0.15) is 25.6 Å². The second-order valence-electron chi connectivity index (χ2n) is 4.79. The van der Waals surface area contributed by atoms with E-state index in [4.69, 9.17) is 0 Å². The van der Waals surface area contributed by atoms with Crippen molar-refractivity contribution in [2.45, 2.75) is 25.2 Å². The molecule has 1 atom stereocenters. The summed E-state index contributed by atoms with van der Waals surface area (Å²) in [6.45, 7) is 4.37. The van der Waals surface area contributed by atoms with Crippen LogP contribution in [-0.2, 0) is 5.41 Å². The van der Waals surface area contributed by atoms with E-state index in [2.05, 4.69) is 26.8 Å². The molecule has 3 rings (SSSR count). The van der Waals surface area contributed by atoms with Gasteiger partial charge in [-0.1, -0.05) is 13.0 Å². The van der Waals surface area contributed by atoms with Gasteiger partial charge in [-0.15, -0.1) is 10.2 Å². The summed E-state index contributed by atoms with van der Waals surface area (Å²) in [5.74, 6) is 1.08. The van der Waals surface area contributed by atoms with E-state index >= 15 is 0 Å². The monoisotopic (exact) mass is 216 g/mol. The maximum absolute atomic E-state index is 4.36. The zero-order valence-electron chi connectivity index (χ0n) is 9.48. The number of rotatable bonds is 1. The minimum Gasteiger partial charge on any atom is -0.316 e. The van der Waals surface area contributed by atoms with Gasteiger partial charge in [-0.25, -0.2) is 0 Å². The maximum Gasteiger partial charge on any atom is 0.160 e. The fraction of sp³-hybridized carbons (Fsp3) is 0.500. The standard InChI is InChI=1S/C12H16N4/c1-12(6-4-7-13-9-12)11-15-14-10-5-2-3-8-16(10)11/h2-3,5,8,13H,4,6-7,9H2,1H3. The van der Waals surface area contributed by atoms with Gasteiger partial charge in [0.25, 0.3) is 0 Å².